The molecule has 1 aliphatic heterocycles. The van der Waals surface area contributed by atoms with Gasteiger partial charge in [-0.15, -0.1) is 10.2 Å². The first kappa shape index (κ1) is 15.2. The molecule has 7 nitrogen and oxygen atoms in total. The first-order chi connectivity index (χ1) is 12.1. The van der Waals surface area contributed by atoms with Crippen molar-refractivity contribution in [3.8, 4) is 17.4 Å². The lowest BCUT2D eigenvalue weighted by atomic mass is 10.1. The van der Waals surface area contributed by atoms with E-state index in [-0.39, 0.29) is 18.2 Å². The summed E-state index contributed by atoms with van der Waals surface area (Å²) >= 11 is 0. The molecule has 2 heterocycles. The molecule has 0 fully saturated rings. The molecule has 25 heavy (non-hydrogen) atoms. The van der Waals surface area contributed by atoms with Gasteiger partial charge in [-0.25, -0.2) is 0 Å². The maximum absolute atomic E-state index is 12.3. The molecule has 2 aromatic carbocycles. The highest BCUT2D eigenvalue weighted by molar-refractivity contribution is 5.96. The van der Waals surface area contributed by atoms with Crippen molar-refractivity contribution in [2.24, 2.45) is 10.2 Å². The monoisotopic (exact) mass is 337 g/mol. The average molecular weight is 337 g/mol. The number of nitrogens with one attached hydrogen (secondary N) is 1. The van der Waals surface area contributed by atoms with E-state index in [0.29, 0.717) is 16.9 Å². The van der Waals surface area contributed by atoms with Gasteiger partial charge in [0, 0.05) is 5.39 Å². The predicted molar refractivity (Wildman–Crippen MR) is 90.6 cm³/mol. The third kappa shape index (κ3) is 2.69. The summed E-state index contributed by atoms with van der Waals surface area (Å²) in [4.78, 5) is 15.1. The maximum Gasteiger partial charge on any atom is 0.308 e. The van der Waals surface area contributed by atoms with Gasteiger partial charge in [0.25, 0.3) is 0 Å². The van der Waals surface area contributed by atoms with E-state index < -0.39 is 12.0 Å². The Kier molecular flexibility index (Phi) is 3.61. The van der Waals surface area contributed by atoms with Crippen molar-refractivity contribution in [1.82, 2.24) is 4.98 Å². The fourth-order valence-corrected chi connectivity index (χ4v) is 2.74. The van der Waals surface area contributed by atoms with Crippen LogP contribution in [0, 0.1) is 6.92 Å². The van der Waals surface area contributed by atoms with Gasteiger partial charge < -0.3 is 19.6 Å². The number of aromatic nitrogens is 1. The van der Waals surface area contributed by atoms with E-state index in [9.17, 15) is 9.90 Å². The minimum atomic E-state index is -0.868. The second-order valence-corrected chi connectivity index (χ2v) is 5.72. The van der Waals surface area contributed by atoms with Gasteiger partial charge in [0.2, 0.25) is 12.0 Å². The molecule has 3 aromatic rings. The van der Waals surface area contributed by atoms with Gasteiger partial charge in [-0.3, -0.25) is 4.79 Å². The van der Waals surface area contributed by atoms with Crippen LogP contribution in [0.25, 0.3) is 10.9 Å². The molecular weight excluding hydrogens is 322 g/mol. The van der Waals surface area contributed by atoms with Crippen LogP contribution in [0.4, 0.5) is 5.69 Å². The Hall–Kier alpha value is -3.35. The molecule has 1 aromatic heterocycles. The minimum absolute atomic E-state index is 0.0633. The lowest BCUT2D eigenvalue weighted by Crippen LogP contribution is -2.35. The van der Waals surface area contributed by atoms with Crippen molar-refractivity contribution in [3.05, 3.63) is 48.0 Å². The third-order valence-corrected chi connectivity index (χ3v) is 4.03. The number of ether oxygens (including phenoxy) is 2. The van der Waals surface area contributed by atoms with Gasteiger partial charge in [-0.05, 0) is 24.6 Å². The molecule has 0 aliphatic carbocycles. The fraction of sp³-hybridized carbons (Fsp3) is 0.167. The topological polar surface area (TPSA) is 96.3 Å². The lowest BCUT2D eigenvalue weighted by molar-refractivity contribution is -0.127. The van der Waals surface area contributed by atoms with Crippen LogP contribution in [0.2, 0.25) is 0 Å². The van der Waals surface area contributed by atoms with Crippen LogP contribution in [0.15, 0.2) is 52.7 Å². The Morgan fingerprint density at radius 2 is 2.00 bits per heavy atom. The van der Waals surface area contributed by atoms with Crippen LogP contribution >= 0.6 is 0 Å². The molecule has 0 spiro atoms. The molecule has 0 bridgehead atoms. The Bertz CT molecular complexity index is 993. The Morgan fingerprint density at radius 3 is 2.84 bits per heavy atom. The van der Waals surface area contributed by atoms with E-state index in [1.54, 1.807) is 24.3 Å². The summed E-state index contributed by atoms with van der Waals surface area (Å²) in [5.74, 6) is 0.379. The summed E-state index contributed by atoms with van der Waals surface area (Å²) in [5, 5.41) is 18.4. The molecule has 7 heteroatoms. The summed E-state index contributed by atoms with van der Waals surface area (Å²) in [6.45, 7) is 1.98. The van der Waals surface area contributed by atoms with Crippen molar-refractivity contribution < 1.29 is 19.4 Å². The summed E-state index contributed by atoms with van der Waals surface area (Å²) in [6, 6.07) is 12.7. The molecule has 2 N–H and O–H groups in total. The number of amides is 1. The average Bonchev–Trinajstić information content (AvgIpc) is 2.96. The van der Waals surface area contributed by atoms with E-state index >= 15 is 0 Å². The SMILES string of the molecule is Cc1cccc2c(N=NC(=O)[C@H]3COc4ccccc4O3)c(O)[nH]c12. The number of hydrogen-bond donors (Lipinski definition) is 2. The van der Waals surface area contributed by atoms with Crippen LogP contribution < -0.4 is 9.47 Å². The van der Waals surface area contributed by atoms with Crippen LogP contribution in [0.5, 0.6) is 17.4 Å². The second kappa shape index (κ2) is 5.94. The molecule has 0 saturated heterocycles. The molecule has 1 aliphatic rings. The molecule has 1 amide bonds. The number of para-hydroxylation sites is 3. The lowest BCUT2D eigenvalue weighted by Gasteiger charge is -2.23. The van der Waals surface area contributed by atoms with E-state index in [0.717, 1.165) is 11.1 Å². The van der Waals surface area contributed by atoms with Gasteiger partial charge in [0.15, 0.2) is 17.2 Å². The zero-order valence-electron chi connectivity index (χ0n) is 13.4. The number of fused-ring (bicyclic) bond motifs is 2. The standard InChI is InChI=1S/C18H15N3O4/c1-10-5-4-6-11-15(10)19-18(23)16(11)20-21-17(22)14-9-24-12-7-2-3-8-13(12)25-14/h2-8,14,19,23H,9H2,1H3/t14-/m1/s1. The van der Waals surface area contributed by atoms with E-state index in [2.05, 4.69) is 15.2 Å². The predicted octanol–water partition coefficient (Wildman–Crippen LogP) is 3.63. The number of rotatable bonds is 2. The molecule has 0 saturated carbocycles. The molecule has 4 rings (SSSR count). The number of carbonyl (C=O) groups excluding carboxylic acids is 1. The number of aromatic hydroxyl groups is 1. The summed E-state index contributed by atoms with van der Waals surface area (Å²) in [7, 11) is 0. The van der Waals surface area contributed by atoms with E-state index in [4.69, 9.17) is 9.47 Å². The first-order valence-corrected chi connectivity index (χ1v) is 7.78. The molecule has 1 atom stereocenters. The zero-order chi connectivity index (χ0) is 17.4. The van der Waals surface area contributed by atoms with Crippen LogP contribution in [-0.2, 0) is 4.79 Å². The highest BCUT2D eigenvalue weighted by atomic mass is 16.6. The van der Waals surface area contributed by atoms with Crippen LogP contribution in [-0.4, -0.2) is 28.7 Å². The highest BCUT2D eigenvalue weighted by Crippen LogP contribution is 2.37. The number of benzene rings is 2. The van der Waals surface area contributed by atoms with Crippen molar-refractivity contribution in [3.63, 3.8) is 0 Å². The quantitative estimate of drug-likeness (QED) is 0.698. The van der Waals surface area contributed by atoms with Crippen LogP contribution in [0.1, 0.15) is 5.56 Å². The van der Waals surface area contributed by atoms with E-state index in [1.165, 1.54) is 0 Å². The van der Waals surface area contributed by atoms with Crippen molar-refractivity contribution in [1.29, 1.82) is 0 Å². The Morgan fingerprint density at radius 1 is 1.20 bits per heavy atom. The summed E-state index contributed by atoms with van der Waals surface area (Å²) < 4.78 is 11.1. The fourth-order valence-electron chi connectivity index (χ4n) is 2.74. The number of hydrogen-bond acceptors (Lipinski definition) is 5. The van der Waals surface area contributed by atoms with Gasteiger partial charge in [-0.2, -0.15) is 0 Å². The van der Waals surface area contributed by atoms with Gasteiger partial charge in [0.1, 0.15) is 6.61 Å². The first-order valence-electron chi connectivity index (χ1n) is 7.78. The minimum Gasteiger partial charge on any atom is -0.493 e. The molecular formula is C18H15N3O4. The third-order valence-electron chi connectivity index (χ3n) is 4.03. The Balaban J connectivity index is 1.58. The summed E-state index contributed by atoms with van der Waals surface area (Å²) in [5.41, 5.74) is 1.94. The van der Waals surface area contributed by atoms with Crippen LogP contribution in [0.3, 0.4) is 0 Å². The number of azo groups is 1. The van der Waals surface area contributed by atoms with Gasteiger partial charge in [0.05, 0.1) is 5.52 Å². The molecule has 0 unspecified atom stereocenters. The maximum atomic E-state index is 12.3. The number of aryl methyl sites for hydroxylation is 1. The molecule has 126 valence electrons. The molecule has 0 radical (unpaired) electrons. The number of H-pyrrole nitrogens is 1. The van der Waals surface area contributed by atoms with Gasteiger partial charge in [-0.1, -0.05) is 30.3 Å². The second-order valence-electron chi connectivity index (χ2n) is 5.72. The van der Waals surface area contributed by atoms with E-state index in [1.807, 2.05) is 25.1 Å². The van der Waals surface area contributed by atoms with Crippen molar-refractivity contribution in [2.45, 2.75) is 13.0 Å². The van der Waals surface area contributed by atoms with Crippen molar-refractivity contribution in [2.75, 3.05) is 6.61 Å². The largest absolute Gasteiger partial charge is 0.493 e. The zero-order valence-corrected chi connectivity index (χ0v) is 13.4. The number of nitrogens with zero attached hydrogens (tertiary/aromatic N) is 2. The number of aromatic amines is 1. The highest BCUT2D eigenvalue weighted by Gasteiger charge is 2.27. The normalized spacial score (nSPS) is 16.4. The summed E-state index contributed by atoms with van der Waals surface area (Å²) in [6.07, 6.45) is -0.868. The smallest absolute Gasteiger partial charge is 0.308 e. The number of carbonyl (C=O) groups is 1. The Labute approximate surface area is 142 Å². The van der Waals surface area contributed by atoms with Crippen molar-refractivity contribution >= 4 is 22.5 Å². The van der Waals surface area contributed by atoms with Gasteiger partial charge >= 0.3 is 5.91 Å².